The molecule has 1 aliphatic carbocycles. The van der Waals surface area contributed by atoms with Gasteiger partial charge in [0, 0.05) is 12.5 Å². The van der Waals surface area contributed by atoms with Crippen LogP contribution >= 0.6 is 0 Å². The molecule has 1 aromatic rings. The molecule has 0 bridgehead atoms. The Kier molecular flexibility index (Phi) is 2.19. The van der Waals surface area contributed by atoms with E-state index in [1.54, 1.807) is 7.11 Å². The molecular weight excluding hydrogens is 180 g/mol. The number of aryl methyl sites for hydroxylation is 1. The van der Waals surface area contributed by atoms with Crippen LogP contribution in [0.1, 0.15) is 35.2 Å². The molecule has 0 spiro atoms. The second kappa shape index (κ2) is 3.36. The average molecular weight is 192 g/mol. The van der Waals surface area contributed by atoms with E-state index >= 15 is 0 Å². The Morgan fingerprint density at radius 3 is 2.79 bits per heavy atom. The maximum absolute atomic E-state index is 11.1. The quantitative estimate of drug-likeness (QED) is 0.660. The predicted octanol–water partition coefficient (Wildman–Crippen LogP) is 1.18. The van der Waals surface area contributed by atoms with Crippen molar-refractivity contribution in [2.75, 3.05) is 7.11 Å². The van der Waals surface area contributed by atoms with Gasteiger partial charge >= 0.3 is 0 Å². The van der Waals surface area contributed by atoms with Crippen LogP contribution in [-0.2, 0) is 12.8 Å². The highest BCUT2D eigenvalue weighted by Gasteiger charge is 2.20. The Morgan fingerprint density at radius 1 is 1.36 bits per heavy atom. The molecule has 1 heterocycles. The second-order valence-electron chi connectivity index (χ2n) is 3.39. The van der Waals surface area contributed by atoms with Gasteiger partial charge in [0.15, 0.2) is 11.6 Å². The first-order valence-electron chi connectivity index (χ1n) is 4.67. The number of ether oxygens (including phenoxy) is 1. The number of fused-ring (bicyclic) bond motifs is 1. The Hall–Kier alpha value is -1.45. The van der Waals surface area contributed by atoms with Crippen molar-refractivity contribution in [3.63, 3.8) is 0 Å². The summed E-state index contributed by atoms with van der Waals surface area (Å²) >= 11 is 0. The molecule has 0 N–H and O–H groups in total. The fourth-order valence-corrected chi connectivity index (χ4v) is 1.72. The number of hydrogen-bond acceptors (Lipinski definition) is 4. The minimum Gasteiger partial charge on any atom is -0.481 e. The summed E-state index contributed by atoms with van der Waals surface area (Å²) in [6, 6.07) is 0. The highest BCUT2D eigenvalue weighted by Crippen LogP contribution is 2.27. The topological polar surface area (TPSA) is 52.1 Å². The fraction of sp³-hybridized carbons (Fsp3) is 0.500. The lowest BCUT2D eigenvalue weighted by Crippen LogP contribution is -2.07. The summed E-state index contributed by atoms with van der Waals surface area (Å²) in [6.45, 7) is 1.47. The number of aromatic nitrogens is 2. The van der Waals surface area contributed by atoms with Gasteiger partial charge in [0.25, 0.3) is 0 Å². The Balaban J connectivity index is 2.54. The summed E-state index contributed by atoms with van der Waals surface area (Å²) in [7, 11) is 1.57. The summed E-state index contributed by atoms with van der Waals surface area (Å²) in [5.41, 5.74) is 2.04. The molecule has 0 atom stereocenters. The molecule has 0 fully saturated rings. The summed E-state index contributed by atoms with van der Waals surface area (Å²) in [5, 5.41) is 0. The van der Waals surface area contributed by atoms with Crippen LogP contribution in [0.4, 0.5) is 0 Å². The predicted molar refractivity (Wildman–Crippen MR) is 50.6 cm³/mol. The van der Waals surface area contributed by atoms with E-state index < -0.39 is 0 Å². The summed E-state index contributed by atoms with van der Waals surface area (Å²) in [4.78, 5) is 19.4. The van der Waals surface area contributed by atoms with Crippen molar-refractivity contribution in [3.8, 4) is 5.88 Å². The Bertz CT molecular complexity index is 388. The van der Waals surface area contributed by atoms with E-state index in [1.165, 1.54) is 6.92 Å². The Morgan fingerprint density at radius 2 is 2.14 bits per heavy atom. The van der Waals surface area contributed by atoms with Crippen molar-refractivity contribution in [2.24, 2.45) is 0 Å². The molecule has 74 valence electrons. The molecule has 4 heteroatoms. The van der Waals surface area contributed by atoms with Crippen LogP contribution in [-0.4, -0.2) is 22.9 Å². The molecule has 0 unspecified atom stereocenters. The third kappa shape index (κ3) is 1.36. The second-order valence-corrected chi connectivity index (χ2v) is 3.39. The van der Waals surface area contributed by atoms with E-state index in [2.05, 4.69) is 9.97 Å². The minimum atomic E-state index is -0.113. The number of nitrogens with zero attached hydrogens (tertiary/aromatic N) is 2. The van der Waals surface area contributed by atoms with Gasteiger partial charge in [0.05, 0.1) is 12.8 Å². The monoisotopic (exact) mass is 192 g/mol. The lowest BCUT2D eigenvalue weighted by molar-refractivity contribution is 0.100. The summed E-state index contributed by atoms with van der Waals surface area (Å²) < 4.78 is 5.14. The standard InChI is InChI=1S/C10H12N2O2/c1-6(13)9-11-8-5-3-4-7(8)10(12-9)14-2/h3-5H2,1-2H3. The lowest BCUT2D eigenvalue weighted by Gasteiger charge is -2.06. The number of carbonyl (C=O) groups excluding carboxylic acids is 1. The zero-order valence-electron chi connectivity index (χ0n) is 8.33. The first-order valence-corrected chi connectivity index (χ1v) is 4.67. The number of rotatable bonds is 2. The van der Waals surface area contributed by atoms with Gasteiger partial charge in [-0.15, -0.1) is 0 Å². The van der Waals surface area contributed by atoms with Crippen LogP contribution in [0.15, 0.2) is 0 Å². The molecule has 0 aliphatic heterocycles. The van der Waals surface area contributed by atoms with Gasteiger partial charge in [0.1, 0.15) is 0 Å². The molecule has 0 radical (unpaired) electrons. The van der Waals surface area contributed by atoms with Crippen molar-refractivity contribution in [1.29, 1.82) is 0 Å². The van der Waals surface area contributed by atoms with E-state index in [0.717, 1.165) is 30.5 Å². The number of hydrogen-bond donors (Lipinski definition) is 0. The van der Waals surface area contributed by atoms with Gasteiger partial charge in [0.2, 0.25) is 5.88 Å². The zero-order valence-corrected chi connectivity index (χ0v) is 8.33. The van der Waals surface area contributed by atoms with E-state index in [9.17, 15) is 4.79 Å². The minimum absolute atomic E-state index is 0.113. The maximum atomic E-state index is 11.1. The molecule has 0 saturated heterocycles. The summed E-state index contributed by atoms with van der Waals surface area (Å²) in [6.07, 6.45) is 2.95. The number of ketones is 1. The molecule has 1 aliphatic rings. The molecule has 1 aromatic heterocycles. The van der Waals surface area contributed by atoms with Crippen molar-refractivity contribution in [1.82, 2.24) is 9.97 Å². The van der Waals surface area contributed by atoms with E-state index in [-0.39, 0.29) is 11.6 Å². The van der Waals surface area contributed by atoms with Crippen LogP contribution in [0, 0.1) is 0 Å². The van der Waals surface area contributed by atoms with Gasteiger partial charge in [-0.05, 0) is 19.3 Å². The smallest absolute Gasteiger partial charge is 0.220 e. The first kappa shape index (κ1) is 9.12. The van der Waals surface area contributed by atoms with Crippen LogP contribution in [0.3, 0.4) is 0 Å². The molecule has 14 heavy (non-hydrogen) atoms. The molecular formula is C10H12N2O2. The molecule has 0 aromatic carbocycles. The zero-order chi connectivity index (χ0) is 10.1. The largest absolute Gasteiger partial charge is 0.481 e. The van der Waals surface area contributed by atoms with Crippen molar-refractivity contribution < 1.29 is 9.53 Å². The van der Waals surface area contributed by atoms with Crippen molar-refractivity contribution in [2.45, 2.75) is 26.2 Å². The summed E-state index contributed by atoms with van der Waals surface area (Å²) in [5.74, 6) is 0.721. The van der Waals surface area contributed by atoms with Gasteiger partial charge < -0.3 is 4.74 Å². The lowest BCUT2D eigenvalue weighted by atomic mass is 10.2. The van der Waals surface area contributed by atoms with E-state index in [4.69, 9.17) is 4.74 Å². The highest BCUT2D eigenvalue weighted by molar-refractivity contribution is 5.90. The van der Waals surface area contributed by atoms with Crippen LogP contribution in [0.5, 0.6) is 5.88 Å². The first-order chi connectivity index (χ1) is 6.72. The molecule has 0 saturated carbocycles. The molecule has 4 nitrogen and oxygen atoms in total. The Labute approximate surface area is 82.3 Å². The normalized spacial score (nSPS) is 13.9. The average Bonchev–Trinajstić information content (AvgIpc) is 2.63. The fourth-order valence-electron chi connectivity index (χ4n) is 1.72. The highest BCUT2D eigenvalue weighted by atomic mass is 16.5. The van der Waals surface area contributed by atoms with E-state index in [1.807, 2.05) is 0 Å². The number of Topliss-reactive ketones (excluding diaryl/α,β-unsaturated/α-hetero) is 1. The molecule has 0 amide bonds. The third-order valence-electron chi connectivity index (χ3n) is 2.40. The van der Waals surface area contributed by atoms with Crippen LogP contribution in [0.25, 0.3) is 0 Å². The van der Waals surface area contributed by atoms with Gasteiger partial charge in [-0.2, -0.15) is 4.98 Å². The maximum Gasteiger partial charge on any atom is 0.220 e. The van der Waals surface area contributed by atoms with E-state index in [0.29, 0.717) is 5.88 Å². The van der Waals surface area contributed by atoms with Crippen LogP contribution in [0.2, 0.25) is 0 Å². The van der Waals surface area contributed by atoms with Gasteiger partial charge in [-0.1, -0.05) is 0 Å². The van der Waals surface area contributed by atoms with Crippen LogP contribution < -0.4 is 4.74 Å². The van der Waals surface area contributed by atoms with Gasteiger partial charge in [-0.25, -0.2) is 4.98 Å². The SMILES string of the molecule is COc1nc(C(C)=O)nc2c1CCC2. The number of methoxy groups -OCH3 is 1. The van der Waals surface area contributed by atoms with Crippen molar-refractivity contribution >= 4 is 5.78 Å². The van der Waals surface area contributed by atoms with Gasteiger partial charge in [-0.3, -0.25) is 4.79 Å². The van der Waals surface area contributed by atoms with Crippen molar-refractivity contribution in [3.05, 3.63) is 17.1 Å². The third-order valence-corrected chi connectivity index (χ3v) is 2.40. The molecule has 2 rings (SSSR count). The number of carbonyl (C=O) groups is 1.